The molecule has 0 saturated carbocycles. The van der Waals surface area contributed by atoms with Crippen LogP contribution in [0.25, 0.3) is 0 Å². The SMILES string of the molecule is CC(=O)N[C@H]1[C@@H](OC(C)=O)[C@H](OC(C)=O)[C@@H](COC(C)=O)O[C@H]1S. The minimum atomic E-state index is -1.08. The Balaban J connectivity index is 3.11. The molecule has 0 unspecified atom stereocenters. The normalized spacial score (nSPS) is 29.3. The summed E-state index contributed by atoms with van der Waals surface area (Å²) >= 11 is 4.24. The van der Waals surface area contributed by atoms with Gasteiger partial charge in [-0.2, -0.15) is 0 Å². The van der Waals surface area contributed by atoms with E-state index < -0.39 is 53.6 Å². The molecular formula is C14H21NO8S. The first kappa shape index (κ1) is 20.2. The first-order valence-corrected chi connectivity index (χ1v) is 7.72. The molecule has 1 amide bonds. The molecule has 1 N–H and O–H groups in total. The lowest BCUT2D eigenvalue weighted by Crippen LogP contribution is -2.64. The van der Waals surface area contributed by atoms with Crippen LogP contribution in [-0.2, 0) is 38.1 Å². The van der Waals surface area contributed by atoms with Crippen LogP contribution in [0.2, 0.25) is 0 Å². The second-order valence-corrected chi connectivity index (χ2v) is 5.75. The summed E-state index contributed by atoms with van der Waals surface area (Å²) in [6, 6.07) is -0.854. The Morgan fingerprint density at radius 1 is 0.958 bits per heavy atom. The molecule has 0 bridgehead atoms. The highest BCUT2D eigenvalue weighted by molar-refractivity contribution is 7.80. The van der Waals surface area contributed by atoms with E-state index in [1.807, 2.05) is 0 Å². The third-order valence-electron chi connectivity index (χ3n) is 3.09. The van der Waals surface area contributed by atoms with Crippen LogP contribution in [0.4, 0.5) is 0 Å². The zero-order valence-electron chi connectivity index (χ0n) is 13.8. The fraction of sp³-hybridized carbons (Fsp3) is 0.714. The number of carbonyl (C=O) groups excluding carboxylic acids is 4. The van der Waals surface area contributed by atoms with Gasteiger partial charge in [0.2, 0.25) is 5.91 Å². The van der Waals surface area contributed by atoms with E-state index in [-0.39, 0.29) is 6.61 Å². The molecule has 0 aromatic rings. The predicted octanol–water partition coefficient (Wildman–Crippen LogP) is -0.428. The van der Waals surface area contributed by atoms with Crippen molar-refractivity contribution in [3.63, 3.8) is 0 Å². The number of thiol groups is 1. The lowest BCUT2D eigenvalue weighted by molar-refractivity contribution is -0.211. The summed E-state index contributed by atoms with van der Waals surface area (Å²) in [5, 5.41) is 2.56. The van der Waals surface area contributed by atoms with Gasteiger partial charge in [-0.15, -0.1) is 12.6 Å². The fourth-order valence-electron chi connectivity index (χ4n) is 2.31. The Morgan fingerprint density at radius 2 is 1.50 bits per heavy atom. The molecule has 0 aromatic carbocycles. The van der Waals surface area contributed by atoms with Gasteiger partial charge in [0.1, 0.15) is 24.2 Å². The van der Waals surface area contributed by atoms with Gasteiger partial charge in [0.25, 0.3) is 0 Å². The number of hydrogen-bond donors (Lipinski definition) is 2. The molecule has 24 heavy (non-hydrogen) atoms. The monoisotopic (exact) mass is 363 g/mol. The predicted molar refractivity (Wildman–Crippen MR) is 83.0 cm³/mol. The van der Waals surface area contributed by atoms with Gasteiger partial charge in [0.05, 0.1) is 0 Å². The topological polar surface area (TPSA) is 117 Å². The van der Waals surface area contributed by atoms with Gasteiger partial charge in [-0.25, -0.2) is 0 Å². The van der Waals surface area contributed by atoms with Gasteiger partial charge >= 0.3 is 17.9 Å². The van der Waals surface area contributed by atoms with Crippen molar-refractivity contribution in [1.29, 1.82) is 0 Å². The van der Waals surface area contributed by atoms with E-state index in [4.69, 9.17) is 18.9 Å². The van der Waals surface area contributed by atoms with Gasteiger partial charge in [0, 0.05) is 27.7 Å². The first-order valence-electron chi connectivity index (χ1n) is 7.20. The van der Waals surface area contributed by atoms with Crippen molar-refractivity contribution in [2.24, 2.45) is 0 Å². The standard InChI is InChI=1S/C14H21NO8S/c1-6(16)15-11-13(22-9(4)19)12(21-8(3)18)10(23-14(11)24)5-20-7(2)17/h10-14,24H,5H2,1-4H3,(H,15,16)/t10-,11+,12-,13-,14+/m1/s1. The Hall–Kier alpha value is -1.81. The number of esters is 3. The summed E-state index contributed by atoms with van der Waals surface area (Å²) in [4.78, 5) is 45.2. The smallest absolute Gasteiger partial charge is 0.303 e. The Morgan fingerprint density at radius 3 is 1.96 bits per heavy atom. The lowest BCUT2D eigenvalue weighted by atomic mass is 9.97. The van der Waals surface area contributed by atoms with Crippen molar-refractivity contribution >= 4 is 36.4 Å². The number of nitrogens with one attached hydrogen (secondary N) is 1. The van der Waals surface area contributed by atoms with Crippen LogP contribution in [0.1, 0.15) is 27.7 Å². The van der Waals surface area contributed by atoms with E-state index in [0.717, 1.165) is 0 Å². The van der Waals surface area contributed by atoms with Crippen LogP contribution < -0.4 is 5.32 Å². The summed E-state index contributed by atoms with van der Waals surface area (Å²) in [5.74, 6) is -2.24. The van der Waals surface area contributed by atoms with E-state index >= 15 is 0 Å². The number of amides is 1. The minimum Gasteiger partial charge on any atom is -0.463 e. The van der Waals surface area contributed by atoms with Gasteiger partial charge in [0.15, 0.2) is 12.2 Å². The largest absolute Gasteiger partial charge is 0.463 e. The summed E-state index contributed by atoms with van der Waals surface area (Å²) in [6.45, 7) is 4.62. The number of ether oxygens (including phenoxy) is 4. The fourth-order valence-corrected chi connectivity index (χ4v) is 2.71. The molecule has 1 fully saturated rings. The average molecular weight is 363 g/mol. The summed E-state index contributed by atoms with van der Waals surface area (Å²) in [6.07, 6.45) is -3.03. The molecule has 1 saturated heterocycles. The van der Waals surface area contributed by atoms with Gasteiger partial charge in [-0.1, -0.05) is 0 Å². The van der Waals surface area contributed by atoms with E-state index in [2.05, 4.69) is 17.9 Å². The summed E-state index contributed by atoms with van der Waals surface area (Å²) in [5.41, 5.74) is -0.870. The van der Waals surface area contributed by atoms with E-state index in [1.54, 1.807) is 0 Å². The molecule has 1 rings (SSSR count). The molecule has 10 heteroatoms. The number of carbonyl (C=O) groups is 4. The summed E-state index contributed by atoms with van der Waals surface area (Å²) in [7, 11) is 0. The Kier molecular flexibility index (Phi) is 7.49. The highest BCUT2D eigenvalue weighted by atomic mass is 32.1. The van der Waals surface area contributed by atoms with E-state index in [1.165, 1.54) is 27.7 Å². The third-order valence-corrected chi connectivity index (χ3v) is 3.53. The molecule has 1 aliphatic heterocycles. The maximum absolute atomic E-state index is 11.4. The van der Waals surface area contributed by atoms with Gasteiger partial charge < -0.3 is 24.3 Å². The molecule has 0 aliphatic carbocycles. The first-order chi connectivity index (χ1) is 11.1. The van der Waals surface area contributed by atoms with Crippen molar-refractivity contribution in [3.05, 3.63) is 0 Å². The zero-order chi connectivity index (χ0) is 18.4. The number of hydrogen-bond acceptors (Lipinski definition) is 9. The summed E-state index contributed by atoms with van der Waals surface area (Å²) < 4.78 is 20.9. The Bertz CT molecular complexity index is 511. The van der Waals surface area contributed by atoms with Crippen LogP contribution >= 0.6 is 12.6 Å². The van der Waals surface area contributed by atoms with Crippen molar-refractivity contribution in [1.82, 2.24) is 5.32 Å². The van der Waals surface area contributed by atoms with Crippen molar-refractivity contribution in [2.75, 3.05) is 6.61 Å². The molecule has 136 valence electrons. The minimum absolute atomic E-state index is 0.227. The zero-order valence-corrected chi connectivity index (χ0v) is 14.7. The van der Waals surface area contributed by atoms with Crippen LogP contribution in [-0.4, -0.2) is 60.2 Å². The molecule has 9 nitrogen and oxygen atoms in total. The molecule has 0 aromatic heterocycles. The maximum Gasteiger partial charge on any atom is 0.303 e. The molecular weight excluding hydrogens is 342 g/mol. The van der Waals surface area contributed by atoms with Crippen LogP contribution in [0, 0.1) is 0 Å². The molecule has 5 atom stereocenters. The highest BCUT2D eigenvalue weighted by Gasteiger charge is 2.49. The highest BCUT2D eigenvalue weighted by Crippen LogP contribution is 2.28. The van der Waals surface area contributed by atoms with E-state index in [0.29, 0.717) is 0 Å². The van der Waals surface area contributed by atoms with E-state index in [9.17, 15) is 19.2 Å². The lowest BCUT2D eigenvalue weighted by Gasteiger charge is -2.43. The molecule has 0 spiro atoms. The van der Waals surface area contributed by atoms with Crippen LogP contribution in [0.15, 0.2) is 0 Å². The Labute approximate surface area is 144 Å². The van der Waals surface area contributed by atoms with Crippen molar-refractivity contribution in [3.8, 4) is 0 Å². The second-order valence-electron chi connectivity index (χ2n) is 5.24. The van der Waals surface area contributed by atoms with Crippen molar-refractivity contribution in [2.45, 2.75) is 57.5 Å². The van der Waals surface area contributed by atoms with Crippen molar-refractivity contribution < 1.29 is 38.1 Å². The molecule has 1 heterocycles. The quantitative estimate of drug-likeness (QED) is 0.384. The van der Waals surface area contributed by atoms with Gasteiger partial charge in [-0.05, 0) is 0 Å². The van der Waals surface area contributed by atoms with Crippen LogP contribution in [0.5, 0.6) is 0 Å². The average Bonchev–Trinajstić information content (AvgIpc) is 2.42. The molecule has 1 aliphatic rings. The van der Waals surface area contributed by atoms with Crippen LogP contribution in [0.3, 0.4) is 0 Å². The maximum atomic E-state index is 11.4. The third kappa shape index (κ3) is 6.00. The van der Waals surface area contributed by atoms with Gasteiger partial charge in [-0.3, -0.25) is 19.2 Å². The molecule has 0 radical (unpaired) electrons. The number of rotatable bonds is 5. The second kappa shape index (κ2) is 8.88.